The molecule has 0 spiro atoms. The molecular weight excluding hydrogens is 813 g/mol. The topological polar surface area (TPSA) is 87.7 Å². The van der Waals surface area contributed by atoms with Gasteiger partial charge < -0.3 is 13.4 Å². The van der Waals surface area contributed by atoms with Crippen LogP contribution in [-0.2, 0) is 0 Å². The predicted octanol–water partition coefficient (Wildman–Crippen LogP) is 14.8. The van der Waals surface area contributed by atoms with E-state index in [0.717, 1.165) is 105 Å². The zero-order valence-electron chi connectivity index (χ0n) is 35.1. The molecule has 0 aliphatic carbocycles. The minimum atomic E-state index is 0.506. The summed E-state index contributed by atoms with van der Waals surface area (Å²) in [5, 5.41) is 6.51. The molecule has 0 aliphatic heterocycles. The van der Waals surface area contributed by atoms with E-state index in [1.54, 1.807) is 0 Å². The third-order valence-corrected chi connectivity index (χ3v) is 12.8. The van der Waals surface area contributed by atoms with Gasteiger partial charge in [0.1, 0.15) is 16.7 Å². The van der Waals surface area contributed by atoms with Crippen molar-refractivity contribution in [3.63, 3.8) is 0 Å². The average molecular weight is 847 g/mol. The van der Waals surface area contributed by atoms with Crippen LogP contribution in [0.5, 0.6) is 0 Å². The lowest BCUT2D eigenvalue weighted by molar-refractivity contribution is 0.620. The van der Waals surface area contributed by atoms with Gasteiger partial charge in [0.2, 0.25) is 11.8 Å². The zero-order valence-corrected chi connectivity index (χ0v) is 35.1. The Kier molecular flexibility index (Phi) is 7.81. The fourth-order valence-electron chi connectivity index (χ4n) is 9.86. The lowest BCUT2D eigenvalue weighted by Gasteiger charge is -2.13. The largest absolute Gasteiger partial charge is 0.456 e. The molecular formula is C58H34N6O2. The zero-order chi connectivity index (χ0) is 43.3. The van der Waals surface area contributed by atoms with Gasteiger partial charge in [0.15, 0.2) is 17.2 Å². The van der Waals surface area contributed by atoms with Crippen LogP contribution >= 0.6 is 0 Å². The number of para-hydroxylation sites is 3. The van der Waals surface area contributed by atoms with Gasteiger partial charge >= 0.3 is 0 Å². The van der Waals surface area contributed by atoms with Crippen LogP contribution in [0.3, 0.4) is 0 Å². The van der Waals surface area contributed by atoms with Crippen LogP contribution in [0.15, 0.2) is 215 Å². The molecule has 14 rings (SSSR count). The third kappa shape index (κ3) is 5.52. The predicted molar refractivity (Wildman–Crippen MR) is 265 cm³/mol. The molecule has 0 N–H and O–H groups in total. The van der Waals surface area contributed by atoms with Gasteiger partial charge in [-0.1, -0.05) is 152 Å². The van der Waals surface area contributed by atoms with E-state index >= 15 is 0 Å². The van der Waals surface area contributed by atoms with Crippen LogP contribution < -0.4 is 0 Å². The summed E-state index contributed by atoms with van der Waals surface area (Å²) in [5.74, 6) is 2.19. The minimum Gasteiger partial charge on any atom is -0.456 e. The summed E-state index contributed by atoms with van der Waals surface area (Å²) in [7, 11) is 0. The van der Waals surface area contributed by atoms with Crippen molar-refractivity contribution in [1.82, 2.24) is 29.1 Å². The number of benzene rings is 9. The van der Waals surface area contributed by atoms with E-state index in [4.69, 9.17) is 28.8 Å². The standard InChI is InChI=1S/C58H34N6O2/c1-3-15-35(16-4-1)39-19-7-8-23-46(39)57-59-47-32-28-38(34-52(47)66-57)63-48-24-12-9-20-40(48)44-30-31-45-41-21-10-13-25-49(41)64(54(45)53(44)63)58-61-55(36-17-5-2-6-18-36)60-56(62-58)37-27-29-43-42-22-11-14-26-50(42)65-51(43)33-37/h1-34H. The molecule has 14 aromatic rings. The van der Waals surface area contributed by atoms with Crippen molar-refractivity contribution in [2.75, 3.05) is 0 Å². The van der Waals surface area contributed by atoms with E-state index in [1.807, 2.05) is 66.7 Å². The maximum Gasteiger partial charge on any atom is 0.238 e. The Morgan fingerprint density at radius 1 is 0.333 bits per heavy atom. The average Bonchev–Trinajstić information content (AvgIpc) is 4.16. The van der Waals surface area contributed by atoms with Crippen molar-refractivity contribution in [3.8, 4) is 57.0 Å². The second-order valence-corrected chi connectivity index (χ2v) is 16.6. The number of furan rings is 1. The van der Waals surface area contributed by atoms with Crippen LogP contribution in [-0.4, -0.2) is 29.1 Å². The smallest absolute Gasteiger partial charge is 0.238 e. The Balaban J connectivity index is 1.03. The van der Waals surface area contributed by atoms with E-state index in [-0.39, 0.29) is 0 Å². The molecule has 0 amide bonds. The van der Waals surface area contributed by atoms with Gasteiger partial charge in [-0.2, -0.15) is 9.97 Å². The highest BCUT2D eigenvalue weighted by Crippen LogP contribution is 2.43. The molecule has 66 heavy (non-hydrogen) atoms. The Labute approximate surface area is 376 Å². The van der Waals surface area contributed by atoms with Gasteiger partial charge in [0.05, 0.1) is 27.8 Å². The van der Waals surface area contributed by atoms with Gasteiger partial charge in [0.25, 0.3) is 0 Å². The van der Waals surface area contributed by atoms with Gasteiger partial charge in [-0.3, -0.25) is 4.57 Å². The van der Waals surface area contributed by atoms with Crippen molar-refractivity contribution in [1.29, 1.82) is 0 Å². The van der Waals surface area contributed by atoms with Crippen LogP contribution in [0.4, 0.5) is 0 Å². The quantitative estimate of drug-likeness (QED) is 0.166. The molecule has 8 nitrogen and oxygen atoms in total. The summed E-state index contributed by atoms with van der Waals surface area (Å²) in [4.78, 5) is 20.9. The molecule has 0 radical (unpaired) electrons. The van der Waals surface area contributed by atoms with Crippen LogP contribution in [0.25, 0.3) is 134 Å². The van der Waals surface area contributed by atoms with Gasteiger partial charge in [-0.15, -0.1) is 0 Å². The molecule has 0 fully saturated rings. The summed E-state index contributed by atoms with van der Waals surface area (Å²) in [6.45, 7) is 0. The van der Waals surface area contributed by atoms with E-state index in [9.17, 15) is 0 Å². The summed E-state index contributed by atoms with van der Waals surface area (Å²) in [6, 6.07) is 70.9. The van der Waals surface area contributed by atoms with E-state index < -0.39 is 0 Å². The molecule has 0 saturated heterocycles. The summed E-state index contributed by atoms with van der Waals surface area (Å²) in [5.41, 5.74) is 12.9. The highest BCUT2D eigenvalue weighted by atomic mass is 16.3. The van der Waals surface area contributed by atoms with E-state index in [2.05, 4.69) is 149 Å². The molecule has 0 bridgehead atoms. The Bertz CT molecular complexity index is 4240. The van der Waals surface area contributed by atoms with Crippen molar-refractivity contribution < 1.29 is 8.83 Å². The molecule has 308 valence electrons. The fraction of sp³-hybridized carbons (Fsp3) is 0. The lowest BCUT2D eigenvalue weighted by atomic mass is 10.00. The van der Waals surface area contributed by atoms with Gasteiger partial charge in [-0.25, -0.2) is 9.97 Å². The van der Waals surface area contributed by atoms with E-state index in [0.29, 0.717) is 29.1 Å². The maximum atomic E-state index is 6.70. The highest BCUT2D eigenvalue weighted by molar-refractivity contribution is 6.23. The van der Waals surface area contributed by atoms with Crippen LogP contribution in [0.1, 0.15) is 0 Å². The number of nitrogens with zero attached hydrogens (tertiary/aromatic N) is 6. The normalized spacial score (nSPS) is 11.9. The lowest BCUT2D eigenvalue weighted by Crippen LogP contribution is -2.07. The number of oxazole rings is 1. The second-order valence-electron chi connectivity index (χ2n) is 16.6. The summed E-state index contributed by atoms with van der Waals surface area (Å²) < 4.78 is 17.6. The Hall–Kier alpha value is -9.14. The summed E-state index contributed by atoms with van der Waals surface area (Å²) >= 11 is 0. The molecule has 0 aliphatic rings. The second kappa shape index (κ2) is 14.2. The first-order chi connectivity index (χ1) is 32.7. The number of hydrogen-bond donors (Lipinski definition) is 0. The molecule has 9 aromatic carbocycles. The Morgan fingerprint density at radius 3 is 1.67 bits per heavy atom. The molecule has 8 heteroatoms. The van der Waals surface area contributed by atoms with Crippen molar-refractivity contribution in [3.05, 3.63) is 206 Å². The maximum absolute atomic E-state index is 6.70. The monoisotopic (exact) mass is 846 g/mol. The molecule has 0 saturated carbocycles. The first-order valence-electron chi connectivity index (χ1n) is 22.0. The first-order valence-corrected chi connectivity index (χ1v) is 22.0. The van der Waals surface area contributed by atoms with Crippen LogP contribution in [0, 0.1) is 0 Å². The molecule has 0 atom stereocenters. The van der Waals surface area contributed by atoms with Crippen molar-refractivity contribution in [2.24, 2.45) is 0 Å². The minimum absolute atomic E-state index is 0.506. The highest BCUT2D eigenvalue weighted by Gasteiger charge is 2.24. The van der Waals surface area contributed by atoms with E-state index in [1.165, 1.54) is 0 Å². The third-order valence-electron chi connectivity index (χ3n) is 12.8. The van der Waals surface area contributed by atoms with Gasteiger partial charge in [0, 0.05) is 55.1 Å². The molecule has 5 aromatic heterocycles. The number of aromatic nitrogens is 6. The fourth-order valence-corrected chi connectivity index (χ4v) is 9.86. The number of hydrogen-bond acceptors (Lipinski definition) is 6. The van der Waals surface area contributed by atoms with Crippen molar-refractivity contribution >= 4 is 76.6 Å². The van der Waals surface area contributed by atoms with Crippen LogP contribution in [0.2, 0.25) is 0 Å². The van der Waals surface area contributed by atoms with Crippen molar-refractivity contribution in [2.45, 2.75) is 0 Å². The number of rotatable bonds is 6. The molecule has 0 unspecified atom stereocenters. The van der Waals surface area contributed by atoms with Gasteiger partial charge in [-0.05, 0) is 59.7 Å². The summed E-state index contributed by atoms with van der Waals surface area (Å²) in [6.07, 6.45) is 0. The first kappa shape index (κ1) is 36.4. The SMILES string of the molecule is c1ccc(-c2nc(-c3ccc4c(c3)oc3ccccc34)nc(-n3c4ccccc4c4ccc5c6ccccc6n(-c6ccc7nc(-c8ccccc8-c8ccccc8)oc7c6)c5c43)n2)cc1. The molecule has 5 heterocycles. The Morgan fingerprint density at radius 2 is 0.909 bits per heavy atom. The number of fused-ring (bicyclic) bond motifs is 11.